The number of nitrogens with one attached hydrogen (secondary N) is 2. The first-order valence-electron chi connectivity index (χ1n) is 9.11. The van der Waals surface area contributed by atoms with Crippen LogP contribution in [-0.2, 0) is 9.53 Å². The molecule has 6 heteroatoms. The third kappa shape index (κ3) is 5.08. The number of nitrogens with zero attached hydrogens (tertiary/aromatic N) is 1. The highest BCUT2D eigenvalue weighted by atomic mass is 16.5. The van der Waals surface area contributed by atoms with Crippen LogP contribution in [0, 0.1) is 13.8 Å². The van der Waals surface area contributed by atoms with Gasteiger partial charge in [-0.15, -0.1) is 0 Å². The van der Waals surface area contributed by atoms with Crippen LogP contribution in [0.25, 0.3) is 0 Å². The Bertz CT molecular complexity index is 812. The van der Waals surface area contributed by atoms with E-state index in [4.69, 9.17) is 4.74 Å². The Balaban J connectivity index is 1.53. The fourth-order valence-corrected chi connectivity index (χ4v) is 2.95. The number of ether oxygens (including phenoxy) is 1. The number of anilines is 2. The van der Waals surface area contributed by atoms with Crippen LogP contribution >= 0.6 is 0 Å². The molecule has 1 saturated heterocycles. The third-order valence-electron chi connectivity index (χ3n) is 4.55. The monoisotopic (exact) mass is 367 g/mol. The van der Waals surface area contributed by atoms with E-state index in [1.807, 2.05) is 32.0 Å². The molecule has 1 heterocycles. The molecule has 2 N–H and O–H groups in total. The van der Waals surface area contributed by atoms with Crippen LogP contribution < -0.4 is 10.6 Å². The number of carbonyl (C=O) groups excluding carboxylic acids is 2. The van der Waals surface area contributed by atoms with Crippen LogP contribution in [-0.4, -0.2) is 49.6 Å². The molecular weight excluding hydrogens is 342 g/mol. The molecule has 0 atom stereocenters. The van der Waals surface area contributed by atoms with Crippen molar-refractivity contribution < 1.29 is 14.3 Å². The summed E-state index contributed by atoms with van der Waals surface area (Å²) >= 11 is 0. The van der Waals surface area contributed by atoms with Crippen molar-refractivity contribution in [3.8, 4) is 0 Å². The molecule has 1 aliphatic rings. The van der Waals surface area contributed by atoms with Crippen molar-refractivity contribution in [2.75, 3.05) is 43.5 Å². The highest BCUT2D eigenvalue weighted by Gasteiger charge is 2.18. The molecule has 0 aromatic heterocycles. The predicted octanol–water partition coefficient (Wildman–Crippen LogP) is 2.83. The van der Waals surface area contributed by atoms with Gasteiger partial charge in [0, 0.05) is 30.0 Å². The Hall–Kier alpha value is -2.86. The Morgan fingerprint density at radius 2 is 1.74 bits per heavy atom. The zero-order valence-corrected chi connectivity index (χ0v) is 15.7. The molecule has 1 fully saturated rings. The summed E-state index contributed by atoms with van der Waals surface area (Å²) in [5.41, 5.74) is 4.48. The Labute approximate surface area is 159 Å². The molecule has 0 bridgehead atoms. The maximum Gasteiger partial charge on any atom is 0.254 e. The van der Waals surface area contributed by atoms with E-state index in [1.54, 1.807) is 29.2 Å². The molecule has 2 aromatic rings. The maximum absolute atomic E-state index is 12.4. The highest BCUT2D eigenvalue weighted by Crippen LogP contribution is 2.16. The zero-order valence-electron chi connectivity index (χ0n) is 15.7. The third-order valence-corrected chi connectivity index (χ3v) is 4.55. The summed E-state index contributed by atoms with van der Waals surface area (Å²) in [6, 6.07) is 13.1. The minimum atomic E-state index is -0.136. The summed E-state index contributed by atoms with van der Waals surface area (Å²) in [4.78, 5) is 26.4. The second-order valence-electron chi connectivity index (χ2n) is 6.70. The van der Waals surface area contributed by atoms with Crippen LogP contribution in [0.3, 0.4) is 0 Å². The van der Waals surface area contributed by atoms with Gasteiger partial charge in [-0.25, -0.2) is 0 Å². The van der Waals surface area contributed by atoms with E-state index >= 15 is 0 Å². The molecule has 27 heavy (non-hydrogen) atoms. The van der Waals surface area contributed by atoms with Gasteiger partial charge < -0.3 is 20.3 Å². The van der Waals surface area contributed by atoms with Crippen LogP contribution in [0.2, 0.25) is 0 Å². The molecule has 0 saturated carbocycles. The lowest BCUT2D eigenvalue weighted by molar-refractivity contribution is -0.114. The van der Waals surface area contributed by atoms with Crippen molar-refractivity contribution >= 4 is 23.2 Å². The second kappa shape index (κ2) is 8.68. The molecule has 0 unspecified atom stereocenters. The van der Waals surface area contributed by atoms with E-state index < -0.39 is 0 Å². The van der Waals surface area contributed by atoms with Gasteiger partial charge in [-0.2, -0.15) is 0 Å². The molecular formula is C21H25N3O3. The van der Waals surface area contributed by atoms with Crippen molar-refractivity contribution in [1.29, 1.82) is 0 Å². The molecule has 1 aliphatic heterocycles. The normalized spacial score (nSPS) is 13.9. The van der Waals surface area contributed by atoms with Crippen molar-refractivity contribution in [2.24, 2.45) is 0 Å². The molecule has 2 amide bonds. The molecule has 2 aromatic carbocycles. The fourth-order valence-electron chi connectivity index (χ4n) is 2.95. The number of morpholine rings is 1. The van der Waals surface area contributed by atoms with Crippen LogP contribution in [0.5, 0.6) is 0 Å². The molecule has 6 nitrogen and oxygen atoms in total. The molecule has 0 radical (unpaired) electrons. The summed E-state index contributed by atoms with van der Waals surface area (Å²) in [7, 11) is 0. The van der Waals surface area contributed by atoms with Gasteiger partial charge in [0.1, 0.15) is 0 Å². The smallest absolute Gasteiger partial charge is 0.254 e. The summed E-state index contributed by atoms with van der Waals surface area (Å²) in [6.45, 7) is 6.58. The van der Waals surface area contributed by atoms with Crippen molar-refractivity contribution in [3.05, 3.63) is 59.2 Å². The Kier molecular flexibility index (Phi) is 6.08. The summed E-state index contributed by atoms with van der Waals surface area (Å²) in [5, 5.41) is 6.01. The minimum absolute atomic E-state index is 0.00670. The quantitative estimate of drug-likeness (QED) is 0.853. The van der Waals surface area contributed by atoms with E-state index in [-0.39, 0.29) is 18.4 Å². The average Bonchev–Trinajstić information content (AvgIpc) is 2.69. The average molecular weight is 367 g/mol. The van der Waals surface area contributed by atoms with Crippen molar-refractivity contribution in [3.63, 3.8) is 0 Å². The van der Waals surface area contributed by atoms with Crippen LogP contribution in [0.1, 0.15) is 21.5 Å². The summed E-state index contributed by atoms with van der Waals surface area (Å²) in [6.07, 6.45) is 0. The van der Waals surface area contributed by atoms with Crippen LogP contribution in [0.4, 0.5) is 11.4 Å². The Morgan fingerprint density at radius 3 is 2.44 bits per heavy atom. The summed E-state index contributed by atoms with van der Waals surface area (Å²) in [5.74, 6) is -0.143. The first kappa shape index (κ1) is 18.9. The van der Waals surface area contributed by atoms with E-state index in [9.17, 15) is 9.59 Å². The number of carbonyl (C=O) groups is 2. The number of hydrogen-bond acceptors (Lipinski definition) is 4. The Morgan fingerprint density at radius 1 is 1.04 bits per heavy atom. The SMILES string of the molecule is Cc1ccc(C)c(NCC(=O)Nc2ccc(C(=O)N3CCOCC3)cc2)c1. The van der Waals surface area contributed by atoms with Gasteiger partial charge >= 0.3 is 0 Å². The molecule has 0 aliphatic carbocycles. The topological polar surface area (TPSA) is 70.7 Å². The van der Waals surface area contributed by atoms with E-state index in [0.29, 0.717) is 37.6 Å². The lowest BCUT2D eigenvalue weighted by atomic mass is 10.1. The number of aryl methyl sites for hydroxylation is 2. The second-order valence-corrected chi connectivity index (χ2v) is 6.70. The number of amides is 2. The van der Waals surface area contributed by atoms with Gasteiger partial charge in [0.25, 0.3) is 5.91 Å². The first-order valence-corrected chi connectivity index (χ1v) is 9.11. The van der Waals surface area contributed by atoms with Gasteiger partial charge in [0.05, 0.1) is 19.8 Å². The number of benzene rings is 2. The lowest BCUT2D eigenvalue weighted by Gasteiger charge is -2.26. The minimum Gasteiger partial charge on any atom is -0.378 e. The van der Waals surface area contributed by atoms with Crippen molar-refractivity contribution in [2.45, 2.75) is 13.8 Å². The number of rotatable bonds is 5. The van der Waals surface area contributed by atoms with Gasteiger partial charge in [0.2, 0.25) is 5.91 Å². The first-order chi connectivity index (χ1) is 13.0. The van der Waals surface area contributed by atoms with E-state index in [0.717, 1.165) is 16.8 Å². The maximum atomic E-state index is 12.4. The predicted molar refractivity (Wildman–Crippen MR) is 106 cm³/mol. The summed E-state index contributed by atoms with van der Waals surface area (Å²) < 4.78 is 5.27. The van der Waals surface area contributed by atoms with Gasteiger partial charge in [-0.3, -0.25) is 9.59 Å². The van der Waals surface area contributed by atoms with Gasteiger partial charge in [0.15, 0.2) is 0 Å². The molecule has 3 rings (SSSR count). The zero-order chi connectivity index (χ0) is 19.2. The van der Waals surface area contributed by atoms with Crippen LogP contribution in [0.15, 0.2) is 42.5 Å². The standard InChI is InChI=1S/C21H25N3O3/c1-15-3-4-16(2)19(13-15)22-14-20(25)23-18-7-5-17(6-8-18)21(26)24-9-11-27-12-10-24/h3-8,13,22H,9-12,14H2,1-2H3,(H,23,25). The number of hydrogen-bond donors (Lipinski definition) is 2. The van der Waals surface area contributed by atoms with Crippen molar-refractivity contribution in [1.82, 2.24) is 4.90 Å². The molecule has 142 valence electrons. The van der Waals surface area contributed by atoms with Gasteiger partial charge in [-0.1, -0.05) is 12.1 Å². The molecule has 0 spiro atoms. The fraction of sp³-hybridized carbons (Fsp3) is 0.333. The van der Waals surface area contributed by atoms with Gasteiger partial charge in [-0.05, 0) is 55.3 Å². The van der Waals surface area contributed by atoms with E-state index in [1.165, 1.54) is 0 Å². The lowest BCUT2D eigenvalue weighted by Crippen LogP contribution is -2.40. The highest BCUT2D eigenvalue weighted by molar-refractivity contribution is 5.96. The largest absolute Gasteiger partial charge is 0.378 e. The van der Waals surface area contributed by atoms with E-state index in [2.05, 4.69) is 10.6 Å².